The number of rotatable bonds is 3. The molecule has 6 nitrogen and oxygen atoms in total. The van der Waals surface area contributed by atoms with Crippen molar-refractivity contribution < 1.29 is 10.0 Å². The third-order valence-corrected chi connectivity index (χ3v) is 7.16. The van der Waals surface area contributed by atoms with Gasteiger partial charge in [0.25, 0.3) is 0 Å². The van der Waals surface area contributed by atoms with Crippen LogP contribution in [0.25, 0.3) is 0 Å². The minimum Gasteiger partial charge on any atom is -0.501 e. The van der Waals surface area contributed by atoms with Gasteiger partial charge in [0.2, 0.25) is 5.75 Å². The molecule has 0 amide bonds. The van der Waals surface area contributed by atoms with Crippen LogP contribution in [0, 0.1) is 36.3 Å². The molecule has 0 fully saturated rings. The predicted octanol–water partition coefficient (Wildman–Crippen LogP) is 5.74. The third-order valence-electron chi connectivity index (χ3n) is 5.18. The molecule has 1 aromatic heterocycles. The van der Waals surface area contributed by atoms with E-state index in [2.05, 4.69) is 31.8 Å². The molecule has 1 aliphatic rings. The van der Waals surface area contributed by atoms with E-state index >= 15 is 0 Å². The molecule has 0 aliphatic heterocycles. The molecule has 8 heteroatoms. The topological polar surface area (TPSA) is 99.5 Å². The summed E-state index contributed by atoms with van der Waals surface area (Å²) in [6.45, 7) is 6.75. The van der Waals surface area contributed by atoms with Gasteiger partial charge in [-0.1, -0.05) is 20.8 Å². The number of aliphatic imine (C=N–C) groups is 1. The normalized spacial score (nSPS) is 16.8. The zero-order chi connectivity index (χ0) is 20.6. The Bertz CT molecular complexity index is 1020. The Morgan fingerprint density at radius 1 is 1.46 bits per heavy atom. The van der Waals surface area contributed by atoms with Crippen molar-refractivity contribution in [3.8, 4) is 11.8 Å². The molecular weight excluding hydrogens is 489 g/mol. The summed E-state index contributed by atoms with van der Waals surface area (Å²) in [7, 11) is 0. The Morgan fingerprint density at radius 2 is 2.18 bits per heavy atom. The maximum atomic E-state index is 11.1. The molecule has 1 N–H and O–H groups in total. The molecule has 28 heavy (non-hydrogen) atoms. The van der Waals surface area contributed by atoms with Gasteiger partial charge in [0.05, 0.1) is 14.1 Å². The molecular formula is C20H20IN3O3S. The van der Waals surface area contributed by atoms with E-state index in [1.54, 1.807) is 6.07 Å². The van der Waals surface area contributed by atoms with Crippen LogP contribution in [0.3, 0.4) is 0 Å². The fourth-order valence-corrected chi connectivity index (χ4v) is 5.33. The number of nitriles is 1. The van der Waals surface area contributed by atoms with Crippen molar-refractivity contribution in [1.29, 1.82) is 5.26 Å². The molecule has 1 aliphatic carbocycles. The highest BCUT2D eigenvalue weighted by atomic mass is 127. The number of thiophene rings is 1. The molecule has 1 heterocycles. The van der Waals surface area contributed by atoms with Gasteiger partial charge in [-0.05, 0) is 64.8 Å². The van der Waals surface area contributed by atoms with Gasteiger partial charge in [-0.3, -0.25) is 10.1 Å². The van der Waals surface area contributed by atoms with Gasteiger partial charge >= 0.3 is 5.69 Å². The highest BCUT2D eigenvalue weighted by Crippen LogP contribution is 2.45. The largest absolute Gasteiger partial charge is 0.501 e. The standard InChI is InChI=1S/C20H20IN3O3S/c1-20(2,3)12-4-5-13-14(9-22)19(28-17(13)8-12)23-10-11-6-15(21)18(25)16(7-11)24(26)27/h6-7,10,12,25H,4-5,8H2,1-3H3/t12-/m0/s1. The molecule has 146 valence electrons. The van der Waals surface area contributed by atoms with Crippen LogP contribution in [0.1, 0.15) is 48.8 Å². The summed E-state index contributed by atoms with van der Waals surface area (Å²) in [6, 6.07) is 5.21. The molecule has 1 aromatic carbocycles. The summed E-state index contributed by atoms with van der Waals surface area (Å²) in [4.78, 5) is 16.2. The van der Waals surface area contributed by atoms with Gasteiger partial charge in [0.1, 0.15) is 11.1 Å². The van der Waals surface area contributed by atoms with Crippen molar-refractivity contribution in [3.05, 3.63) is 47.4 Å². The van der Waals surface area contributed by atoms with Crippen LogP contribution in [0.15, 0.2) is 17.1 Å². The molecule has 0 unspecified atom stereocenters. The first-order chi connectivity index (χ1) is 13.1. The van der Waals surface area contributed by atoms with Gasteiger partial charge in [0, 0.05) is 22.7 Å². The summed E-state index contributed by atoms with van der Waals surface area (Å²) < 4.78 is 0.382. The monoisotopic (exact) mass is 509 g/mol. The average molecular weight is 509 g/mol. The maximum absolute atomic E-state index is 11.1. The summed E-state index contributed by atoms with van der Waals surface area (Å²) in [5.74, 6) is 0.226. The number of hydrogen-bond donors (Lipinski definition) is 1. The SMILES string of the molecule is CC(C)(C)[C@H]1CCc2c(sc(N=Cc3cc(I)c(O)c([N+](=O)[O-])c3)c2C#N)C1. The van der Waals surface area contributed by atoms with E-state index in [1.165, 1.54) is 28.5 Å². The molecule has 0 spiro atoms. The van der Waals surface area contributed by atoms with Crippen molar-refractivity contribution >= 4 is 50.8 Å². The van der Waals surface area contributed by atoms with Gasteiger partial charge in [-0.2, -0.15) is 5.26 Å². The number of benzene rings is 1. The van der Waals surface area contributed by atoms with Crippen molar-refractivity contribution in [2.45, 2.75) is 40.0 Å². The zero-order valence-electron chi connectivity index (χ0n) is 15.8. The van der Waals surface area contributed by atoms with Crippen LogP contribution >= 0.6 is 33.9 Å². The first-order valence-electron chi connectivity index (χ1n) is 8.87. The predicted molar refractivity (Wildman–Crippen MR) is 119 cm³/mol. The summed E-state index contributed by atoms with van der Waals surface area (Å²) >= 11 is 3.39. The number of nitrogens with zero attached hydrogens (tertiary/aromatic N) is 3. The van der Waals surface area contributed by atoms with Gasteiger partial charge < -0.3 is 5.11 Å². The smallest absolute Gasteiger partial charge is 0.312 e. The molecule has 0 saturated carbocycles. The average Bonchev–Trinajstić information content (AvgIpc) is 2.98. The Hall–Kier alpha value is -1.99. The number of halogens is 1. The Morgan fingerprint density at radius 3 is 2.79 bits per heavy atom. The van der Waals surface area contributed by atoms with Crippen molar-refractivity contribution in [1.82, 2.24) is 0 Å². The number of aromatic hydroxyl groups is 1. The number of nitro groups is 1. The van der Waals surface area contributed by atoms with E-state index in [1.807, 2.05) is 22.6 Å². The number of hydrogen-bond acceptors (Lipinski definition) is 6. The van der Waals surface area contributed by atoms with Crippen LogP contribution in [0.5, 0.6) is 5.75 Å². The molecule has 0 saturated heterocycles. The van der Waals surface area contributed by atoms with E-state index in [-0.39, 0.29) is 16.9 Å². The fourth-order valence-electron chi connectivity index (χ4n) is 3.47. The minimum atomic E-state index is -0.619. The van der Waals surface area contributed by atoms with Crippen molar-refractivity contribution in [2.75, 3.05) is 0 Å². The molecule has 0 bridgehead atoms. The van der Waals surface area contributed by atoms with Crippen LogP contribution in [-0.4, -0.2) is 16.2 Å². The number of nitro benzene ring substituents is 1. The lowest BCUT2D eigenvalue weighted by Crippen LogP contribution is -2.26. The lowest BCUT2D eigenvalue weighted by atomic mass is 9.72. The second-order valence-corrected chi connectivity index (χ2v) is 10.2. The second-order valence-electron chi connectivity index (χ2n) is 7.99. The maximum Gasteiger partial charge on any atom is 0.312 e. The highest BCUT2D eigenvalue weighted by molar-refractivity contribution is 14.1. The quantitative estimate of drug-likeness (QED) is 0.247. The summed E-state index contributed by atoms with van der Waals surface area (Å²) in [6.07, 6.45) is 4.42. The zero-order valence-corrected chi connectivity index (χ0v) is 18.8. The fraction of sp³-hybridized carbons (Fsp3) is 0.400. The molecule has 2 aromatic rings. The van der Waals surface area contributed by atoms with Gasteiger partial charge in [0.15, 0.2) is 0 Å². The van der Waals surface area contributed by atoms with Crippen LogP contribution < -0.4 is 0 Å². The molecule has 0 radical (unpaired) electrons. The Labute approximate surface area is 181 Å². The second kappa shape index (κ2) is 7.79. The van der Waals surface area contributed by atoms with Crippen LogP contribution in [0.2, 0.25) is 0 Å². The first-order valence-corrected chi connectivity index (χ1v) is 10.8. The Kier molecular flexibility index (Phi) is 5.77. The number of phenolic OH excluding ortho intramolecular Hbond substituents is 1. The first kappa shape index (κ1) is 20.7. The molecule has 1 atom stereocenters. The number of fused-ring (bicyclic) bond motifs is 1. The van der Waals surface area contributed by atoms with Gasteiger partial charge in [-0.25, -0.2) is 4.99 Å². The van der Waals surface area contributed by atoms with Crippen LogP contribution in [-0.2, 0) is 12.8 Å². The van der Waals surface area contributed by atoms with E-state index in [0.29, 0.717) is 25.6 Å². The van der Waals surface area contributed by atoms with Crippen LogP contribution in [0.4, 0.5) is 10.7 Å². The summed E-state index contributed by atoms with van der Waals surface area (Å²) in [5, 5.41) is 31.2. The highest BCUT2D eigenvalue weighted by Gasteiger charge is 2.32. The molecule has 3 rings (SSSR count). The van der Waals surface area contributed by atoms with Crippen molar-refractivity contribution in [3.63, 3.8) is 0 Å². The third kappa shape index (κ3) is 4.05. The van der Waals surface area contributed by atoms with E-state index in [4.69, 9.17) is 0 Å². The Balaban J connectivity index is 1.95. The van der Waals surface area contributed by atoms with E-state index in [9.17, 15) is 20.5 Å². The van der Waals surface area contributed by atoms with Crippen molar-refractivity contribution in [2.24, 2.45) is 16.3 Å². The van der Waals surface area contributed by atoms with E-state index in [0.717, 1.165) is 24.8 Å². The van der Waals surface area contributed by atoms with E-state index < -0.39 is 4.92 Å². The lowest BCUT2D eigenvalue weighted by Gasteiger charge is -2.33. The van der Waals surface area contributed by atoms with Gasteiger partial charge in [-0.15, -0.1) is 11.3 Å². The lowest BCUT2D eigenvalue weighted by molar-refractivity contribution is -0.386. The number of phenols is 1. The summed E-state index contributed by atoms with van der Waals surface area (Å²) in [5.41, 5.74) is 2.10. The minimum absolute atomic E-state index is 0.222.